The fourth-order valence-corrected chi connectivity index (χ4v) is 3.61. The predicted molar refractivity (Wildman–Crippen MR) is 84.1 cm³/mol. The van der Waals surface area contributed by atoms with Gasteiger partial charge in [-0.15, -0.1) is 0 Å². The van der Waals surface area contributed by atoms with E-state index < -0.39 is 0 Å². The van der Waals surface area contributed by atoms with Gasteiger partial charge in [0.2, 0.25) is 12.7 Å². The van der Waals surface area contributed by atoms with Gasteiger partial charge in [-0.25, -0.2) is 0 Å². The Morgan fingerprint density at radius 3 is 2.50 bits per heavy atom. The first-order valence-electron chi connectivity index (χ1n) is 6.81. The first kappa shape index (κ1) is 13.7. The van der Waals surface area contributed by atoms with E-state index in [1.165, 1.54) is 0 Å². The summed E-state index contributed by atoms with van der Waals surface area (Å²) in [5.41, 5.74) is 2.40. The summed E-state index contributed by atoms with van der Waals surface area (Å²) in [6.07, 6.45) is 0.288. The topological polar surface area (TPSA) is 47.6 Å². The molecule has 112 valence electrons. The number of benzene rings is 2. The molecule has 0 fully saturated rings. The van der Waals surface area contributed by atoms with E-state index in [4.69, 9.17) is 32.7 Å². The molecule has 1 atom stereocenters. The normalized spacial score (nSPS) is 18.8. The zero-order valence-electron chi connectivity index (χ0n) is 11.4. The van der Waals surface area contributed by atoms with E-state index in [0.29, 0.717) is 27.2 Å². The van der Waals surface area contributed by atoms with Gasteiger partial charge in [-0.2, -0.15) is 0 Å². The molecule has 2 heterocycles. The number of hydrogen-bond acceptors (Lipinski definition) is 3. The van der Waals surface area contributed by atoms with E-state index in [2.05, 4.69) is 5.32 Å². The number of anilines is 1. The number of carbonyl (C=O) groups is 1. The Hall–Kier alpha value is -1.91. The third-order valence-corrected chi connectivity index (χ3v) is 4.59. The number of ether oxygens (including phenoxy) is 2. The molecule has 1 N–H and O–H groups in total. The number of nitrogens with one attached hydrogen (secondary N) is 1. The van der Waals surface area contributed by atoms with Crippen LogP contribution in [0.15, 0.2) is 30.3 Å². The number of fused-ring (bicyclic) bond motifs is 2. The molecule has 0 aliphatic carbocycles. The lowest BCUT2D eigenvalue weighted by Crippen LogP contribution is -2.23. The highest BCUT2D eigenvalue weighted by molar-refractivity contribution is 6.36. The molecule has 0 spiro atoms. The zero-order valence-corrected chi connectivity index (χ0v) is 12.9. The summed E-state index contributed by atoms with van der Waals surface area (Å²) in [6, 6.07) is 9.02. The lowest BCUT2D eigenvalue weighted by molar-refractivity contribution is -0.116. The van der Waals surface area contributed by atoms with E-state index in [1.54, 1.807) is 24.3 Å². The van der Waals surface area contributed by atoms with Crippen molar-refractivity contribution < 1.29 is 14.3 Å². The highest BCUT2D eigenvalue weighted by Gasteiger charge is 2.32. The maximum atomic E-state index is 12.1. The molecule has 0 bridgehead atoms. The summed E-state index contributed by atoms with van der Waals surface area (Å²) in [5.74, 6) is 1.01. The van der Waals surface area contributed by atoms with Crippen molar-refractivity contribution in [2.24, 2.45) is 0 Å². The largest absolute Gasteiger partial charge is 0.454 e. The Morgan fingerprint density at radius 1 is 1.09 bits per heavy atom. The van der Waals surface area contributed by atoms with Gasteiger partial charge in [0.1, 0.15) is 0 Å². The molecule has 22 heavy (non-hydrogen) atoms. The molecule has 0 unspecified atom stereocenters. The molecule has 1 amide bonds. The molecule has 4 nitrogen and oxygen atoms in total. The van der Waals surface area contributed by atoms with Gasteiger partial charge in [0, 0.05) is 34.1 Å². The van der Waals surface area contributed by atoms with Crippen LogP contribution in [0.4, 0.5) is 5.69 Å². The van der Waals surface area contributed by atoms with Crippen LogP contribution in [-0.4, -0.2) is 12.7 Å². The number of rotatable bonds is 1. The molecule has 2 aliphatic heterocycles. The van der Waals surface area contributed by atoms with Crippen molar-refractivity contribution >= 4 is 34.8 Å². The highest BCUT2D eigenvalue weighted by atomic mass is 35.5. The Morgan fingerprint density at radius 2 is 1.77 bits per heavy atom. The van der Waals surface area contributed by atoms with Gasteiger partial charge >= 0.3 is 0 Å². The van der Waals surface area contributed by atoms with Crippen molar-refractivity contribution in [2.45, 2.75) is 12.3 Å². The van der Waals surface area contributed by atoms with Crippen LogP contribution in [0.3, 0.4) is 0 Å². The number of hydrogen-bond donors (Lipinski definition) is 1. The summed E-state index contributed by atoms with van der Waals surface area (Å²) in [5, 5.41) is 3.97. The van der Waals surface area contributed by atoms with Crippen LogP contribution in [0.5, 0.6) is 11.5 Å². The van der Waals surface area contributed by atoms with Crippen LogP contribution in [-0.2, 0) is 4.79 Å². The summed E-state index contributed by atoms with van der Waals surface area (Å²) >= 11 is 12.6. The molecular formula is C16H11Cl2NO3. The molecule has 0 saturated heterocycles. The molecule has 2 aromatic carbocycles. The van der Waals surface area contributed by atoms with Crippen molar-refractivity contribution in [1.29, 1.82) is 0 Å². The number of carbonyl (C=O) groups excluding carboxylic acids is 1. The fraction of sp³-hybridized carbons (Fsp3) is 0.188. The Balaban J connectivity index is 1.91. The van der Waals surface area contributed by atoms with Crippen LogP contribution < -0.4 is 14.8 Å². The molecule has 6 heteroatoms. The lowest BCUT2D eigenvalue weighted by Gasteiger charge is -2.27. The Labute approximate surface area is 136 Å². The van der Waals surface area contributed by atoms with Crippen LogP contribution in [0.25, 0.3) is 0 Å². The third-order valence-electron chi connectivity index (χ3n) is 3.93. The quantitative estimate of drug-likeness (QED) is 0.849. The van der Waals surface area contributed by atoms with Crippen molar-refractivity contribution in [2.75, 3.05) is 12.1 Å². The van der Waals surface area contributed by atoms with Crippen molar-refractivity contribution in [1.82, 2.24) is 0 Å². The van der Waals surface area contributed by atoms with Crippen LogP contribution in [0.1, 0.15) is 23.5 Å². The van der Waals surface area contributed by atoms with Gasteiger partial charge in [0.15, 0.2) is 11.5 Å². The number of amides is 1. The molecule has 0 radical (unpaired) electrons. The molecule has 0 aromatic heterocycles. The smallest absolute Gasteiger partial charge is 0.231 e. The third kappa shape index (κ3) is 2.11. The second-order valence-corrected chi connectivity index (χ2v) is 6.05. The SMILES string of the molecule is O=C1C[C@H](c2c(Cl)cccc2Cl)c2cc3c(cc2N1)OCO3. The molecule has 2 aromatic rings. The van der Waals surface area contributed by atoms with Gasteiger partial charge in [0.25, 0.3) is 0 Å². The molecular weight excluding hydrogens is 325 g/mol. The van der Waals surface area contributed by atoms with Crippen LogP contribution in [0.2, 0.25) is 10.0 Å². The predicted octanol–water partition coefficient (Wildman–Crippen LogP) is 4.20. The monoisotopic (exact) mass is 335 g/mol. The molecule has 0 saturated carbocycles. The van der Waals surface area contributed by atoms with Gasteiger partial charge in [-0.3, -0.25) is 4.79 Å². The summed E-state index contributed by atoms with van der Waals surface area (Å²) < 4.78 is 10.8. The average molecular weight is 336 g/mol. The van der Waals surface area contributed by atoms with Crippen molar-refractivity contribution in [3.8, 4) is 11.5 Å². The number of halogens is 2. The maximum Gasteiger partial charge on any atom is 0.231 e. The Kier molecular flexibility index (Phi) is 3.17. The molecule has 2 aliphatic rings. The van der Waals surface area contributed by atoms with Gasteiger partial charge in [0.05, 0.1) is 0 Å². The highest BCUT2D eigenvalue weighted by Crippen LogP contribution is 2.47. The summed E-state index contributed by atoms with van der Waals surface area (Å²) in [7, 11) is 0. The minimum absolute atomic E-state index is 0.0765. The standard InChI is InChI=1S/C16H11Cl2NO3/c17-10-2-1-3-11(18)16(10)9-5-15(20)19-12-6-14-13(4-8(9)12)21-7-22-14/h1-4,6,9H,5,7H2,(H,19,20)/t9-/m0/s1. The summed E-state index contributed by atoms with van der Waals surface area (Å²) in [6.45, 7) is 0.184. The van der Waals surface area contributed by atoms with E-state index in [0.717, 1.165) is 11.1 Å². The van der Waals surface area contributed by atoms with E-state index in [-0.39, 0.29) is 25.0 Å². The Bertz CT molecular complexity index is 771. The first-order valence-corrected chi connectivity index (χ1v) is 7.56. The second kappa shape index (κ2) is 5.07. The fourth-order valence-electron chi connectivity index (χ4n) is 2.95. The van der Waals surface area contributed by atoms with Gasteiger partial charge < -0.3 is 14.8 Å². The summed E-state index contributed by atoms with van der Waals surface area (Å²) in [4.78, 5) is 12.1. The van der Waals surface area contributed by atoms with Gasteiger partial charge in [-0.1, -0.05) is 29.3 Å². The van der Waals surface area contributed by atoms with Crippen molar-refractivity contribution in [3.63, 3.8) is 0 Å². The van der Waals surface area contributed by atoms with E-state index in [9.17, 15) is 4.79 Å². The zero-order chi connectivity index (χ0) is 15.3. The first-order chi connectivity index (χ1) is 10.6. The van der Waals surface area contributed by atoms with Crippen molar-refractivity contribution in [3.05, 3.63) is 51.5 Å². The van der Waals surface area contributed by atoms with E-state index >= 15 is 0 Å². The molecule has 4 rings (SSSR count). The lowest BCUT2D eigenvalue weighted by atomic mass is 9.84. The maximum absolute atomic E-state index is 12.1. The average Bonchev–Trinajstić information content (AvgIpc) is 2.92. The second-order valence-electron chi connectivity index (χ2n) is 5.23. The minimum atomic E-state index is -0.209. The minimum Gasteiger partial charge on any atom is -0.454 e. The van der Waals surface area contributed by atoms with Crippen LogP contribution in [0, 0.1) is 0 Å². The van der Waals surface area contributed by atoms with Crippen LogP contribution >= 0.6 is 23.2 Å². The van der Waals surface area contributed by atoms with Gasteiger partial charge in [-0.05, 0) is 29.3 Å². The van der Waals surface area contributed by atoms with E-state index in [1.807, 2.05) is 6.07 Å².